The van der Waals surface area contributed by atoms with E-state index in [4.69, 9.17) is 10.2 Å². The van der Waals surface area contributed by atoms with E-state index in [1.165, 1.54) is 0 Å². The molecule has 0 aliphatic heterocycles. The standard InChI is InChI=1S/C11H21NO4/c1-11(2,8-13)10(16)12-7-5-3-4-6-9(14)15/h13H,3-8H2,1-2H3,(H,12,16)(H,14,15). The van der Waals surface area contributed by atoms with Crippen LogP contribution < -0.4 is 5.32 Å². The monoisotopic (exact) mass is 231 g/mol. The van der Waals surface area contributed by atoms with Crippen LogP contribution in [0.2, 0.25) is 0 Å². The van der Waals surface area contributed by atoms with Gasteiger partial charge in [0, 0.05) is 13.0 Å². The Hall–Kier alpha value is -1.10. The van der Waals surface area contributed by atoms with Crippen LogP contribution in [0.5, 0.6) is 0 Å². The van der Waals surface area contributed by atoms with Crippen LogP contribution in [0.25, 0.3) is 0 Å². The molecule has 0 unspecified atom stereocenters. The van der Waals surface area contributed by atoms with Crippen LogP contribution in [0, 0.1) is 5.41 Å². The second kappa shape index (κ2) is 7.22. The first-order valence-electron chi connectivity index (χ1n) is 5.51. The largest absolute Gasteiger partial charge is 0.481 e. The zero-order chi connectivity index (χ0) is 12.6. The maximum absolute atomic E-state index is 11.5. The highest BCUT2D eigenvalue weighted by molar-refractivity contribution is 5.81. The minimum absolute atomic E-state index is 0.173. The molecule has 0 saturated heterocycles. The molecule has 5 heteroatoms. The summed E-state index contributed by atoms with van der Waals surface area (Å²) in [4.78, 5) is 21.7. The van der Waals surface area contributed by atoms with Crippen LogP contribution in [-0.2, 0) is 9.59 Å². The highest BCUT2D eigenvalue weighted by Crippen LogP contribution is 2.13. The first-order valence-corrected chi connectivity index (χ1v) is 5.51. The van der Waals surface area contributed by atoms with Gasteiger partial charge in [0.2, 0.25) is 5.91 Å². The van der Waals surface area contributed by atoms with Crippen LogP contribution in [0.15, 0.2) is 0 Å². The van der Waals surface area contributed by atoms with E-state index in [0.29, 0.717) is 13.0 Å². The second-order valence-corrected chi connectivity index (χ2v) is 4.50. The van der Waals surface area contributed by atoms with E-state index in [2.05, 4.69) is 5.32 Å². The molecule has 0 aromatic rings. The molecular formula is C11H21NO4. The number of carbonyl (C=O) groups excluding carboxylic acids is 1. The molecule has 0 saturated carbocycles. The number of aliphatic hydroxyl groups is 1. The summed E-state index contributed by atoms with van der Waals surface area (Å²) in [6, 6.07) is 0. The van der Waals surface area contributed by atoms with Gasteiger partial charge in [-0.05, 0) is 26.7 Å². The van der Waals surface area contributed by atoms with Crippen molar-refractivity contribution in [2.75, 3.05) is 13.2 Å². The van der Waals surface area contributed by atoms with Gasteiger partial charge in [-0.15, -0.1) is 0 Å². The number of unbranched alkanes of at least 4 members (excludes halogenated alkanes) is 2. The molecule has 0 spiro atoms. The summed E-state index contributed by atoms with van der Waals surface area (Å²) in [5.74, 6) is -0.960. The molecule has 3 N–H and O–H groups in total. The lowest BCUT2D eigenvalue weighted by atomic mass is 9.94. The highest BCUT2D eigenvalue weighted by Gasteiger charge is 2.25. The Morgan fingerprint density at radius 2 is 1.81 bits per heavy atom. The van der Waals surface area contributed by atoms with Gasteiger partial charge in [0.1, 0.15) is 0 Å². The fourth-order valence-electron chi connectivity index (χ4n) is 1.09. The van der Waals surface area contributed by atoms with Crippen molar-refractivity contribution in [3.05, 3.63) is 0 Å². The van der Waals surface area contributed by atoms with E-state index < -0.39 is 11.4 Å². The molecular weight excluding hydrogens is 210 g/mol. The van der Waals surface area contributed by atoms with Crippen LogP contribution in [0.3, 0.4) is 0 Å². The molecule has 0 aliphatic rings. The number of carboxylic acids is 1. The van der Waals surface area contributed by atoms with Crippen molar-refractivity contribution in [3.63, 3.8) is 0 Å². The molecule has 5 nitrogen and oxygen atoms in total. The Morgan fingerprint density at radius 3 is 2.31 bits per heavy atom. The predicted octanol–water partition coefficient (Wildman–Crippen LogP) is 0.766. The maximum Gasteiger partial charge on any atom is 0.303 e. The van der Waals surface area contributed by atoms with Crippen molar-refractivity contribution >= 4 is 11.9 Å². The topological polar surface area (TPSA) is 86.6 Å². The Kier molecular flexibility index (Phi) is 6.72. The molecule has 0 rings (SSSR count). The van der Waals surface area contributed by atoms with Crippen LogP contribution in [0.4, 0.5) is 0 Å². The van der Waals surface area contributed by atoms with Crippen LogP contribution in [-0.4, -0.2) is 35.2 Å². The summed E-state index contributed by atoms with van der Waals surface area (Å²) < 4.78 is 0. The quantitative estimate of drug-likeness (QED) is 0.538. The minimum Gasteiger partial charge on any atom is -0.481 e. The number of aliphatic hydroxyl groups excluding tert-OH is 1. The molecule has 0 radical (unpaired) electrons. The van der Waals surface area contributed by atoms with Crippen molar-refractivity contribution < 1.29 is 19.8 Å². The van der Waals surface area contributed by atoms with Crippen LogP contribution >= 0.6 is 0 Å². The molecule has 16 heavy (non-hydrogen) atoms. The fraction of sp³-hybridized carbons (Fsp3) is 0.818. The SMILES string of the molecule is CC(C)(CO)C(=O)NCCCCCC(=O)O. The number of rotatable bonds is 8. The number of carboxylic acid groups (broad SMARTS) is 1. The molecule has 0 aliphatic carbocycles. The summed E-state index contributed by atoms with van der Waals surface area (Å²) in [5, 5.41) is 20.1. The third-order valence-corrected chi connectivity index (χ3v) is 2.36. The van der Waals surface area contributed by atoms with E-state index in [-0.39, 0.29) is 18.9 Å². The summed E-state index contributed by atoms with van der Waals surface area (Å²) in [6.07, 6.45) is 2.36. The van der Waals surface area contributed by atoms with E-state index in [0.717, 1.165) is 12.8 Å². The van der Waals surface area contributed by atoms with Crippen molar-refractivity contribution in [3.8, 4) is 0 Å². The van der Waals surface area contributed by atoms with Gasteiger partial charge >= 0.3 is 5.97 Å². The zero-order valence-corrected chi connectivity index (χ0v) is 9.95. The average molecular weight is 231 g/mol. The van der Waals surface area contributed by atoms with Gasteiger partial charge in [-0.2, -0.15) is 0 Å². The Morgan fingerprint density at radius 1 is 1.19 bits per heavy atom. The first-order chi connectivity index (χ1) is 7.40. The summed E-state index contributed by atoms with van der Waals surface area (Å²) >= 11 is 0. The van der Waals surface area contributed by atoms with Crippen molar-refractivity contribution in [1.29, 1.82) is 0 Å². The third kappa shape index (κ3) is 6.40. The summed E-state index contributed by atoms with van der Waals surface area (Å²) in [6.45, 7) is 3.69. The molecule has 0 heterocycles. The average Bonchev–Trinajstić information content (AvgIpc) is 2.22. The molecule has 0 fully saturated rings. The van der Waals surface area contributed by atoms with Crippen molar-refractivity contribution in [2.45, 2.75) is 39.5 Å². The summed E-state index contributed by atoms with van der Waals surface area (Å²) in [7, 11) is 0. The molecule has 1 amide bonds. The maximum atomic E-state index is 11.5. The lowest BCUT2D eigenvalue weighted by Crippen LogP contribution is -2.39. The highest BCUT2D eigenvalue weighted by atomic mass is 16.4. The van der Waals surface area contributed by atoms with Crippen molar-refractivity contribution in [1.82, 2.24) is 5.32 Å². The van der Waals surface area contributed by atoms with E-state index in [1.54, 1.807) is 13.8 Å². The lowest BCUT2D eigenvalue weighted by molar-refractivity contribution is -0.137. The smallest absolute Gasteiger partial charge is 0.303 e. The van der Waals surface area contributed by atoms with Gasteiger partial charge in [-0.25, -0.2) is 0 Å². The zero-order valence-electron chi connectivity index (χ0n) is 9.95. The molecule has 0 bridgehead atoms. The predicted molar refractivity (Wildman–Crippen MR) is 60.0 cm³/mol. The molecule has 0 aromatic heterocycles. The van der Waals surface area contributed by atoms with Gasteiger partial charge < -0.3 is 15.5 Å². The number of carbonyl (C=O) groups is 2. The molecule has 0 atom stereocenters. The van der Waals surface area contributed by atoms with Gasteiger partial charge in [0.15, 0.2) is 0 Å². The Bertz CT molecular complexity index is 238. The summed E-state index contributed by atoms with van der Waals surface area (Å²) in [5.41, 5.74) is -0.749. The second-order valence-electron chi connectivity index (χ2n) is 4.50. The number of nitrogens with one attached hydrogen (secondary N) is 1. The molecule has 94 valence electrons. The number of aliphatic carboxylic acids is 1. The number of hydrogen-bond donors (Lipinski definition) is 3. The number of hydrogen-bond acceptors (Lipinski definition) is 3. The van der Waals surface area contributed by atoms with E-state index in [9.17, 15) is 9.59 Å². The Labute approximate surface area is 95.9 Å². The lowest BCUT2D eigenvalue weighted by Gasteiger charge is -2.20. The minimum atomic E-state index is -0.787. The van der Waals surface area contributed by atoms with Gasteiger partial charge in [0.05, 0.1) is 12.0 Å². The first kappa shape index (κ1) is 14.9. The van der Waals surface area contributed by atoms with Gasteiger partial charge in [-0.3, -0.25) is 9.59 Å². The normalized spacial score (nSPS) is 11.2. The van der Waals surface area contributed by atoms with Crippen LogP contribution in [0.1, 0.15) is 39.5 Å². The van der Waals surface area contributed by atoms with Gasteiger partial charge in [-0.1, -0.05) is 6.42 Å². The molecule has 0 aromatic carbocycles. The van der Waals surface area contributed by atoms with Crippen molar-refractivity contribution in [2.24, 2.45) is 5.41 Å². The van der Waals surface area contributed by atoms with E-state index in [1.807, 2.05) is 0 Å². The fourth-order valence-corrected chi connectivity index (χ4v) is 1.09. The Balaban J connectivity index is 3.52. The third-order valence-electron chi connectivity index (χ3n) is 2.36. The number of amides is 1. The van der Waals surface area contributed by atoms with Gasteiger partial charge in [0.25, 0.3) is 0 Å². The van der Waals surface area contributed by atoms with E-state index >= 15 is 0 Å².